The van der Waals surface area contributed by atoms with Crippen molar-refractivity contribution in [2.24, 2.45) is 0 Å². The first-order valence-corrected chi connectivity index (χ1v) is 5.20. The van der Waals surface area contributed by atoms with Gasteiger partial charge in [0.15, 0.2) is 0 Å². The molecule has 0 bridgehead atoms. The molecule has 1 aromatic rings. The van der Waals surface area contributed by atoms with Crippen LogP contribution in [-0.2, 0) is 11.3 Å². The number of aromatic nitrogens is 3. The van der Waals surface area contributed by atoms with E-state index in [9.17, 15) is 4.79 Å². The number of rotatable bonds is 3. The highest BCUT2D eigenvalue weighted by Crippen LogP contribution is 2.30. The van der Waals surface area contributed by atoms with Gasteiger partial charge in [-0.2, -0.15) is 5.10 Å². The summed E-state index contributed by atoms with van der Waals surface area (Å²) in [7, 11) is 0. The second-order valence-corrected chi connectivity index (χ2v) is 3.82. The van der Waals surface area contributed by atoms with E-state index in [0.717, 1.165) is 25.2 Å². The molecule has 1 atom stereocenters. The first kappa shape index (κ1) is 9.37. The molecule has 1 aliphatic rings. The summed E-state index contributed by atoms with van der Waals surface area (Å²) in [6.07, 6.45) is 4.96. The molecule has 0 aliphatic heterocycles. The van der Waals surface area contributed by atoms with Crippen molar-refractivity contribution in [3.63, 3.8) is 0 Å². The van der Waals surface area contributed by atoms with Crippen molar-refractivity contribution >= 4 is 5.78 Å². The Kier molecular flexibility index (Phi) is 2.61. The van der Waals surface area contributed by atoms with Crippen LogP contribution in [0.15, 0.2) is 6.33 Å². The summed E-state index contributed by atoms with van der Waals surface area (Å²) in [5.41, 5.74) is 0. The summed E-state index contributed by atoms with van der Waals surface area (Å²) in [4.78, 5) is 15.4. The van der Waals surface area contributed by atoms with Crippen LogP contribution in [0.4, 0.5) is 0 Å². The highest BCUT2D eigenvalue weighted by Gasteiger charge is 2.27. The van der Waals surface area contributed by atoms with Crippen molar-refractivity contribution in [2.45, 2.75) is 45.1 Å². The zero-order valence-corrected chi connectivity index (χ0v) is 8.44. The van der Waals surface area contributed by atoms with Gasteiger partial charge in [0.2, 0.25) is 0 Å². The fourth-order valence-electron chi connectivity index (χ4n) is 2.01. The maximum absolute atomic E-state index is 11.2. The van der Waals surface area contributed by atoms with Crippen molar-refractivity contribution in [3.8, 4) is 0 Å². The molecule has 1 heterocycles. The van der Waals surface area contributed by atoms with Gasteiger partial charge >= 0.3 is 0 Å². The summed E-state index contributed by atoms with van der Waals surface area (Å²) in [6, 6.07) is 0. The molecule has 1 aliphatic carbocycles. The minimum Gasteiger partial charge on any atom is -0.300 e. The van der Waals surface area contributed by atoms with E-state index in [0.29, 0.717) is 24.5 Å². The lowest BCUT2D eigenvalue weighted by Gasteiger charge is -2.08. The Balaban J connectivity index is 2.14. The molecule has 2 rings (SSSR count). The maximum Gasteiger partial charge on any atom is 0.138 e. The van der Waals surface area contributed by atoms with Crippen molar-refractivity contribution in [2.75, 3.05) is 0 Å². The maximum atomic E-state index is 11.2. The van der Waals surface area contributed by atoms with Crippen LogP contribution in [0, 0.1) is 0 Å². The Morgan fingerprint density at radius 2 is 2.50 bits per heavy atom. The first-order valence-electron chi connectivity index (χ1n) is 5.20. The summed E-state index contributed by atoms with van der Waals surface area (Å²) in [6.45, 7) is 3.02. The molecule has 0 spiro atoms. The third-order valence-electron chi connectivity index (χ3n) is 2.69. The van der Waals surface area contributed by atoms with E-state index in [2.05, 4.69) is 17.0 Å². The van der Waals surface area contributed by atoms with Gasteiger partial charge in [-0.15, -0.1) is 0 Å². The number of Topliss-reactive ketones (excluding diaryl/α,β-unsaturated/α-hetero) is 1. The Labute approximate surface area is 83.3 Å². The number of carbonyl (C=O) groups is 1. The lowest BCUT2D eigenvalue weighted by atomic mass is 10.1. The van der Waals surface area contributed by atoms with Crippen LogP contribution in [0.25, 0.3) is 0 Å². The molecule has 0 aromatic carbocycles. The normalized spacial score (nSPS) is 21.8. The van der Waals surface area contributed by atoms with E-state index < -0.39 is 0 Å². The van der Waals surface area contributed by atoms with E-state index in [1.54, 1.807) is 6.33 Å². The van der Waals surface area contributed by atoms with Gasteiger partial charge in [0.25, 0.3) is 0 Å². The summed E-state index contributed by atoms with van der Waals surface area (Å²) in [5, 5.41) is 4.17. The minimum atomic E-state index is 0.316. The smallest absolute Gasteiger partial charge is 0.138 e. The number of hydrogen-bond acceptors (Lipinski definition) is 3. The largest absolute Gasteiger partial charge is 0.300 e. The topological polar surface area (TPSA) is 47.8 Å². The van der Waals surface area contributed by atoms with E-state index in [1.807, 2.05) is 4.68 Å². The summed E-state index contributed by atoms with van der Waals surface area (Å²) in [5.74, 6) is 1.68. The van der Waals surface area contributed by atoms with Crippen LogP contribution in [0.1, 0.15) is 44.3 Å². The number of ketones is 1. The second-order valence-electron chi connectivity index (χ2n) is 3.82. The molecular weight excluding hydrogens is 178 g/mol. The molecule has 4 nitrogen and oxygen atoms in total. The summed E-state index contributed by atoms with van der Waals surface area (Å²) >= 11 is 0. The molecule has 0 N–H and O–H groups in total. The second kappa shape index (κ2) is 3.90. The van der Waals surface area contributed by atoms with Gasteiger partial charge in [0, 0.05) is 25.3 Å². The zero-order valence-electron chi connectivity index (χ0n) is 8.44. The SMILES string of the molecule is CCCn1ncnc1C1CCC(=O)C1. The highest BCUT2D eigenvalue weighted by molar-refractivity contribution is 5.81. The molecule has 0 radical (unpaired) electrons. The molecule has 4 heteroatoms. The fraction of sp³-hybridized carbons (Fsp3) is 0.700. The fourth-order valence-corrected chi connectivity index (χ4v) is 2.01. The molecule has 0 amide bonds. The molecule has 14 heavy (non-hydrogen) atoms. The van der Waals surface area contributed by atoms with Gasteiger partial charge in [0.05, 0.1) is 0 Å². The predicted octanol–water partition coefficient (Wildman–Crippen LogP) is 1.52. The number of nitrogens with zero attached hydrogens (tertiary/aromatic N) is 3. The molecule has 1 saturated carbocycles. The third-order valence-corrected chi connectivity index (χ3v) is 2.69. The number of hydrogen-bond donors (Lipinski definition) is 0. The van der Waals surface area contributed by atoms with Gasteiger partial charge in [-0.05, 0) is 12.8 Å². The van der Waals surface area contributed by atoms with Crippen molar-refractivity contribution in [1.82, 2.24) is 14.8 Å². The molecular formula is C10H15N3O. The van der Waals surface area contributed by atoms with E-state index in [4.69, 9.17) is 0 Å². The van der Waals surface area contributed by atoms with Crippen LogP contribution in [0.2, 0.25) is 0 Å². The Morgan fingerprint density at radius 1 is 1.64 bits per heavy atom. The predicted molar refractivity (Wildman–Crippen MR) is 51.9 cm³/mol. The molecule has 1 aromatic heterocycles. The summed E-state index contributed by atoms with van der Waals surface area (Å²) < 4.78 is 1.93. The van der Waals surface area contributed by atoms with Gasteiger partial charge in [-0.3, -0.25) is 4.79 Å². The third kappa shape index (κ3) is 1.69. The van der Waals surface area contributed by atoms with E-state index in [1.165, 1.54) is 0 Å². The number of carbonyl (C=O) groups excluding carboxylic acids is 1. The van der Waals surface area contributed by atoms with Gasteiger partial charge in [-0.1, -0.05) is 6.92 Å². The lowest BCUT2D eigenvalue weighted by Crippen LogP contribution is -2.08. The first-order chi connectivity index (χ1) is 6.81. The van der Waals surface area contributed by atoms with Crippen LogP contribution >= 0.6 is 0 Å². The minimum absolute atomic E-state index is 0.316. The molecule has 0 saturated heterocycles. The lowest BCUT2D eigenvalue weighted by molar-refractivity contribution is -0.117. The van der Waals surface area contributed by atoms with E-state index >= 15 is 0 Å². The van der Waals surface area contributed by atoms with Gasteiger partial charge in [0.1, 0.15) is 17.9 Å². The molecule has 1 fully saturated rings. The van der Waals surface area contributed by atoms with Gasteiger partial charge < -0.3 is 0 Å². The quantitative estimate of drug-likeness (QED) is 0.731. The highest BCUT2D eigenvalue weighted by atomic mass is 16.1. The van der Waals surface area contributed by atoms with Gasteiger partial charge in [-0.25, -0.2) is 9.67 Å². The standard InChI is InChI=1S/C10H15N3O/c1-2-5-13-10(11-7-12-13)8-3-4-9(14)6-8/h7-8H,2-6H2,1H3. The van der Waals surface area contributed by atoms with Crippen LogP contribution in [0.3, 0.4) is 0 Å². The van der Waals surface area contributed by atoms with Crippen LogP contribution in [-0.4, -0.2) is 20.5 Å². The van der Waals surface area contributed by atoms with Crippen molar-refractivity contribution in [1.29, 1.82) is 0 Å². The average Bonchev–Trinajstić information content (AvgIpc) is 2.74. The van der Waals surface area contributed by atoms with Crippen molar-refractivity contribution in [3.05, 3.63) is 12.2 Å². The molecule has 76 valence electrons. The van der Waals surface area contributed by atoms with Crippen molar-refractivity contribution < 1.29 is 4.79 Å². The van der Waals surface area contributed by atoms with E-state index in [-0.39, 0.29) is 0 Å². The Bertz CT molecular complexity index is 332. The number of aryl methyl sites for hydroxylation is 1. The monoisotopic (exact) mass is 193 g/mol. The zero-order chi connectivity index (χ0) is 9.97. The molecule has 1 unspecified atom stereocenters. The van der Waals surface area contributed by atoms with Crippen LogP contribution < -0.4 is 0 Å². The Hall–Kier alpha value is -1.19. The average molecular weight is 193 g/mol. The Morgan fingerprint density at radius 3 is 3.14 bits per heavy atom. The van der Waals surface area contributed by atoms with Crippen LogP contribution in [0.5, 0.6) is 0 Å².